The molecule has 4 rings (SSSR count). The van der Waals surface area contributed by atoms with Crippen LogP contribution in [0.2, 0.25) is 0 Å². The van der Waals surface area contributed by atoms with Gasteiger partial charge in [-0.1, -0.05) is 6.07 Å². The Kier molecular flexibility index (Phi) is 6.67. The summed E-state index contributed by atoms with van der Waals surface area (Å²) in [5.41, 5.74) is 9.68. The van der Waals surface area contributed by atoms with Crippen LogP contribution in [0, 0.1) is 6.92 Å². The zero-order chi connectivity index (χ0) is 22.5. The summed E-state index contributed by atoms with van der Waals surface area (Å²) in [6, 6.07) is 7.15. The largest absolute Gasteiger partial charge is 0.485 e. The summed E-state index contributed by atoms with van der Waals surface area (Å²) in [5, 5.41) is 13.2. The molecule has 0 fully saturated rings. The highest BCUT2D eigenvalue weighted by Gasteiger charge is 2.22. The second kappa shape index (κ2) is 9.80. The van der Waals surface area contributed by atoms with Crippen LogP contribution in [0.3, 0.4) is 0 Å². The number of β-amino-alcohol motifs (C(OH)–C–C–N with tert-alkyl or cyclic N) is 1. The Bertz CT molecular complexity index is 1070. The van der Waals surface area contributed by atoms with Gasteiger partial charge in [0, 0.05) is 37.9 Å². The predicted octanol–water partition coefficient (Wildman–Crippen LogP) is 1.69. The van der Waals surface area contributed by atoms with Crippen molar-refractivity contribution in [2.24, 2.45) is 0 Å². The van der Waals surface area contributed by atoms with Crippen LogP contribution in [-0.2, 0) is 19.6 Å². The first-order valence-electron chi connectivity index (χ1n) is 10.5. The van der Waals surface area contributed by atoms with E-state index in [9.17, 15) is 9.90 Å². The number of hydrogen-bond acceptors (Lipinski definition) is 8. The van der Waals surface area contributed by atoms with E-state index in [1.54, 1.807) is 12.3 Å². The molecule has 0 spiro atoms. The molecule has 0 unspecified atom stereocenters. The van der Waals surface area contributed by atoms with Crippen LogP contribution in [0.25, 0.3) is 0 Å². The molecule has 0 aliphatic carbocycles. The Hall–Kier alpha value is -3.43. The van der Waals surface area contributed by atoms with Crippen LogP contribution in [0.4, 0.5) is 5.82 Å². The number of nitrogens with zero attached hydrogens (tertiary/aromatic N) is 3. The van der Waals surface area contributed by atoms with Crippen molar-refractivity contribution in [1.29, 1.82) is 0 Å². The lowest BCUT2D eigenvalue weighted by Crippen LogP contribution is -2.42. The van der Waals surface area contributed by atoms with E-state index in [-0.39, 0.29) is 18.3 Å². The zero-order valence-electron chi connectivity index (χ0n) is 18.0. The number of ether oxygens (including phenoxy) is 1. The van der Waals surface area contributed by atoms with Crippen molar-refractivity contribution in [3.05, 3.63) is 71.1 Å². The number of rotatable bonds is 8. The predicted molar refractivity (Wildman–Crippen MR) is 118 cm³/mol. The van der Waals surface area contributed by atoms with Gasteiger partial charge in [-0.15, -0.1) is 0 Å². The lowest BCUT2D eigenvalue weighted by atomic mass is 9.94. The maximum absolute atomic E-state index is 12.2. The van der Waals surface area contributed by atoms with Gasteiger partial charge < -0.3 is 25.3 Å². The van der Waals surface area contributed by atoms with Gasteiger partial charge in [0.05, 0.1) is 12.3 Å². The van der Waals surface area contributed by atoms with Gasteiger partial charge in [-0.25, -0.2) is 9.97 Å². The second-order valence-electron chi connectivity index (χ2n) is 7.90. The minimum Gasteiger partial charge on any atom is -0.485 e. The van der Waals surface area contributed by atoms with Crippen molar-refractivity contribution in [2.75, 3.05) is 25.4 Å². The Balaban J connectivity index is 1.29. The number of nitrogens with one attached hydrogen (secondary N) is 1. The van der Waals surface area contributed by atoms with Gasteiger partial charge in [-0.2, -0.15) is 0 Å². The molecule has 1 aliphatic heterocycles. The van der Waals surface area contributed by atoms with E-state index in [0.29, 0.717) is 24.5 Å². The third-order valence-electron chi connectivity index (χ3n) is 5.58. The van der Waals surface area contributed by atoms with Gasteiger partial charge in [0.2, 0.25) is 0 Å². The van der Waals surface area contributed by atoms with E-state index in [0.717, 1.165) is 30.8 Å². The van der Waals surface area contributed by atoms with Crippen molar-refractivity contribution >= 4 is 11.7 Å². The number of fused-ring (bicyclic) bond motifs is 1. The van der Waals surface area contributed by atoms with Crippen LogP contribution < -0.4 is 15.8 Å². The molecule has 32 heavy (non-hydrogen) atoms. The van der Waals surface area contributed by atoms with Crippen LogP contribution in [-0.4, -0.2) is 51.6 Å². The first-order valence-corrected chi connectivity index (χ1v) is 10.5. The number of aliphatic hydroxyl groups excluding tert-OH is 1. The van der Waals surface area contributed by atoms with Crippen molar-refractivity contribution in [1.82, 2.24) is 20.2 Å². The van der Waals surface area contributed by atoms with Gasteiger partial charge in [-0.3, -0.25) is 9.69 Å². The summed E-state index contributed by atoms with van der Waals surface area (Å²) in [6.07, 6.45) is 4.72. The molecule has 9 nitrogen and oxygen atoms in total. The Morgan fingerprint density at radius 3 is 3.06 bits per heavy atom. The second-order valence-corrected chi connectivity index (χ2v) is 7.90. The molecule has 9 heteroatoms. The fraction of sp³-hybridized carbons (Fsp3) is 0.348. The van der Waals surface area contributed by atoms with Crippen molar-refractivity contribution in [3.63, 3.8) is 0 Å². The number of amides is 1. The maximum Gasteiger partial charge on any atom is 0.251 e. The molecule has 0 saturated heterocycles. The molecular weight excluding hydrogens is 410 g/mol. The molecule has 0 bridgehead atoms. The zero-order valence-corrected chi connectivity index (χ0v) is 18.0. The third kappa shape index (κ3) is 5.24. The smallest absolute Gasteiger partial charge is 0.251 e. The number of pyridine rings is 1. The molecule has 1 amide bonds. The highest BCUT2D eigenvalue weighted by molar-refractivity contribution is 5.94. The average molecular weight is 438 g/mol. The quantitative estimate of drug-likeness (QED) is 0.486. The fourth-order valence-electron chi connectivity index (χ4n) is 3.92. The van der Waals surface area contributed by atoms with Crippen LogP contribution in [0.1, 0.15) is 32.8 Å². The molecule has 0 saturated carbocycles. The maximum atomic E-state index is 12.2. The van der Waals surface area contributed by atoms with Crippen molar-refractivity contribution in [3.8, 4) is 5.75 Å². The standard InChI is InChI=1S/C23H27N5O4/c1-15-20-5-7-28(11-17(20)2-3-21(15)31-13-19-10-25-14-32-19)12-18(29)9-27-23(30)16-4-6-26-22(24)8-16/h2-4,6,8,10,14,18,29H,5,7,9,11-13H2,1H3,(H2,24,26)(H,27,30)/t18-/m0/s1. The summed E-state index contributed by atoms with van der Waals surface area (Å²) in [5.74, 6) is 1.53. The van der Waals surface area contributed by atoms with E-state index in [2.05, 4.69) is 33.2 Å². The van der Waals surface area contributed by atoms with E-state index >= 15 is 0 Å². The third-order valence-corrected chi connectivity index (χ3v) is 5.58. The molecule has 4 N–H and O–H groups in total. The Morgan fingerprint density at radius 1 is 1.41 bits per heavy atom. The summed E-state index contributed by atoms with van der Waals surface area (Å²) in [6.45, 7) is 4.62. The van der Waals surface area contributed by atoms with Gasteiger partial charge in [0.15, 0.2) is 12.2 Å². The SMILES string of the molecule is Cc1c(OCc2cnco2)ccc2c1CCN(C[C@@H](O)CNC(=O)c1ccnc(N)c1)C2. The minimum absolute atomic E-state index is 0.165. The minimum atomic E-state index is -0.676. The number of benzene rings is 1. The molecule has 168 valence electrons. The summed E-state index contributed by atoms with van der Waals surface area (Å²) >= 11 is 0. The number of oxazole rings is 1. The highest BCUT2D eigenvalue weighted by atomic mass is 16.5. The van der Waals surface area contributed by atoms with E-state index in [1.807, 2.05) is 6.07 Å². The van der Waals surface area contributed by atoms with Crippen LogP contribution in [0.15, 0.2) is 47.5 Å². The van der Waals surface area contributed by atoms with E-state index < -0.39 is 6.10 Å². The first-order chi connectivity index (χ1) is 15.5. The number of nitrogens with two attached hydrogens (primary N) is 1. The molecule has 1 aliphatic rings. The normalized spacial score (nSPS) is 14.6. The van der Waals surface area contributed by atoms with Crippen molar-refractivity contribution in [2.45, 2.75) is 32.6 Å². The first kappa shape index (κ1) is 21.8. The number of carbonyl (C=O) groups excluding carboxylic acids is 1. The topological polar surface area (TPSA) is 127 Å². The van der Waals surface area contributed by atoms with Crippen molar-refractivity contribution < 1.29 is 19.1 Å². The number of aliphatic hydroxyl groups is 1. The lowest BCUT2D eigenvalue weighted by Gasteiger charge is -2.31. The van der Waals surface area contributed by atoms with Crippen LogP contribution >= 0.6 is 0 Å². The number of nitrogen functional groups attached to an aromatic ring is 1. The Labute approximate surface area is 186 Å². The fourth-order valence-corrected chi connectivity index (χ4v) is 3.92. The van der Waals surface area contributed by atoms with Crippen LogP contribution in [0.5, 0.6) is 5.75 Å². The number of hydrogen-bond donors (Lipinski definition) is 3. The molecule has 3 heterocycles. The molecule has 3 aromatic rings. The molecule has 0 radical (unpaired) electrons. The van der Waals surface area contributed by atoms with Gasteiger partial charge in [0.1, 0.15) is 18.2 Å². The number of aromatic nitrogens is 2. The van der Waals surface area contributed by atoms with Gasteiger partial charge in [-0.05, 0) is 48.2 Å². The summed E-state index contributed by atoms with van der Waals surface area (Å²) < 4.78 is 11.1. The summed E-state index contributed by atoms with van der Waals surface area (Å²) in [7, 11) is 0. The Morgan fingerprint density at radius 2 is 2.28 bits per heavy atom. The van der Waals surface area contributed by atoms with E-state index in [4.69, 9.17) is 14.9 Å². The summed E-state index contributed by atoms with van der Waals surface area (Å²) in [4.78, 5) is 22.2. The molecule has 1 atom stereocenters. The molecular formula is C23H27N5O4. The van der Waals surface area contributed by atoms with Gasteiger partial charge >= 0.3 is 0 Å². The lowest BCUT2D eigenvalue weighted by molar-refractivity contribution is 0.0841. The monoisotopic (exact) mass is 437 g/mol. The number of anilines is 1. The average Bonchev–Trinajstić information content (AvgIpc) is 3.31. The molecule has 1 aromatic carbocycles. The van der Waals surface area contributed by atoms with E-state index in [1.165, 1.54) is 29.8 Å². The van der Waals surface area contributed by atoms with Gasteiger partial charge in [0.25, 0.3) is 5.91 Å². The highest BCUT2D eigenvalue weighted by Crippen LogP contribution is 2.29. The molecule has 2 aromatic heterocycles. The number of carbonyl (C=O) groups is 1.